The molecule has 0 unspecified atom stereocenters. The van der Waals surface area contributed by atoms with Crippen LogP contribution in [-0.4, -0.2) is 47.9 Å². The largest absolute Gasteiger partial charge is 0.462 e. The fraction of sp³-hybridized carbons (Fsp3) is 0.323. The molecule has 0 aromatic heterocycles. The number of esters is 3. The predicted octanol–water partition coefficient (Wildman–Crippen LogP) is 3.71. The third-order valence-corrected chi connectivity index (χ3v) is 7.40. The minimum Gasteiger partial charge on any atom is -0.462 e. The van der Waals surface area contributed by atoms with Gasteiger partial charge in [-0.1, -0.05) is 78.9 Å². The van der Waals surface area contributed by atoms with Crippen molar-refractivity contribution in [1.82, 2.24) is 0 Å². The third-order valence-electron chi connectivity index (χ3n) is 7.40. The number of carbonyl (C=O) groups excluding carboxylic acids is 3. The number of hydrogen-bond acceptors (Lipinski definition) is 8. The van der Waals surface area contributed by atoms with E-state index in [0.29, 0.717) is 5.56 Å². The summed E-state index contributed by atoms with van der Waals surface area (Å²) in [6, 6.07) is 27.0. The van der Waals surface area contributed by atoms with E-state index in [1.807, 2.05) is 60.7 Å². The first-order chi connectivity index (χ1) is 19.0. The summed E-state index contributed by atoms with van der Waals surface area (Å²) in [6.45, 7) is -0.491. The number of hydrogen-bond donors (Lipinski definition) is 1. The zero-order chi connectivity index (χ0) is 27.2. The van der Waals surface area contributed by atoms with E-state index in [-0.39, 0.29) is 26.2 Å². The van der Waals surface area contributed by atoms with Gasteiger partial charge in [-0.15, -0.1) is 0 Å². The van der Waals surface area contributed by atoms with Crippen molar-refractivity contribution < 1.29 is 38.4 Å². The van der Waals surface area contributed by atoms with E-state index in [1.54, 1.807) is 30.3 Å². The molecule has 1 N–H and O–H groups in total. The molecular formula is C31H30O8. The molecule has 0 aliphatic carbocycles. The molecule has 3 aromatic carbocycles. The van der Waals surface area contributed by atoms with Gasteiger partial charge in [-0.05, 0) is 29.7 Å². The maximum absolute atomic E-state index is 13.5. The molecule has 2 saturated heterocycles. The molecule has 202 valence electrons. The number of aliphatic hydroxyl groups excluding tert-OH is 1. The van der Waals surface area contributed by atoms with Crippen LogP contribution in [0.3, 0.4) is 0 Å². The molecule has 5 atom stereocenters. The van der Waals surface area contributed by atoms with E-state index in [9.17, 15) is 19.5 Å². The van der Waals surface area contributed by atoms with E-state index in [1.165, 1.54) is 0 Å². The van der Waals surface area contributed by atoms with Crippen molar-refractivity contribution in [3.05, 3.63) is 108 Å². The molecule has 39 heavy (non-hydrogen) atoms. The second-order valence-corrected chi connectivity index (χ2v) is 9.92. The average molecular weight is 531 g/mol. The van der Waals surface area contributed by atoms with E-state index in [0.717, 1.165) is 11.1 Å². The van der Waals surface area contributed by atoms with E-state index in [2.05, 4.69) is 0 Å². The van der Waals surface area contributed by atoms with Crippen LogP contribution < -0.4 is 0 Å². The highest BCUT2D eigenvalue weighted by molar-refractivity contribution is 5.89. The molecular weight excluding hydrogens is 500 g/mol. The Kier molecular flexibility index (Phi) is 8.05. The zero-order valence-corrected chi connectivity index (χ0v) is 21.3. The summed E-state index contributed by atoms with van der Waals surface area (Å²) in [6.07, 6.45) is -0.567. The minimum absolute atomic E-state index is 0.0201. The first-order valence-corrected chi connectivity index (χ1v) is 12.9. The second-order valence-electron chi connectivity index (χ2n) is 9.92. The molecule has 0 spiro atoms. The van der Waals surface area contributed by atoms with Crippen molar-refractivity contribution in [2.24, 2.45) is 17.8 Å². The topological polar surface area (TPSA) is 108 Å². The van der Waals surface area contributed by atoms with Crippen LogP contribution in [-0.2, 0) is 41.8 Å². The molecule has 2 aliphatic heterocycles. The zero-order valence-electron chi connectivity index (χ0n) is 21.3. The van der Waals surface area contributed by atoms with Gasteiger partial charge in [-0.2, -0.15) is 0 Å². The number of aliphatic hydroxyl groups is 1. The fourth-order valence-corrected chi connectivity index (χ4v) is 5.53. The molecule has 2 aliphatic rings. The molecule has 5 rings (SSSR count). The van der Waals surface area contributed by atoms with Crippen molar-refractivity contribution >= 4 is 17.9 Å². The van der Waals surface area contributed by atoms with Gasteiger partial charge >= 0.3 is 17.9 Å². The van der Waals surface area contributed by atoms with Gasteiger partial charge < -0.3 is 24.1 Å². The smallest absolute Gasteiger partial charge is 0.338 e. The number of benzene rings is 3. The minimum atomic E-state index is -1.35. The number of rotatable bonds is 10. The van der Waals surface area contributed by atoms with Gasteiger partial charge in [0.05, 0.1) is 30.8 Å². The number of fused-ring (bicyclic) bond motifs is 2. The predicted molar refractivity (Wildman–Crippen MR) is 139 cm³/mol. The van der Waals surface area contributed by atoms with Gasteiger partial charge in [0.1, 0.15) is 24.7 Å². The van der Waals surface area contributed by atoms with Gasteiger partial charge in [-0.25, -0.2) is 4.79 Å². The summed E-state index contributed by atoms with van der Waals surface area (Å²) in [5.74, 6) is -4.29. The van der Waals surface area contributed by atoms with Crippen molar-refractivity contribution in [1.29, 1.82) is 0 Å². The third kappa shape index (κ3) is 5.72. The van der Waals surface area contributed by atoms with E-state index < -0.39 is 54.0 Å². The molecule has 0 saturated carbocycles. The molecule has 0 amide bonds. The SMILES string of the molecule is O=C(OC[C@H]1C[C@]2(CO)O[C@@H]1[C@H](C(=O)OCc1ccccc1)[C@@H]2C(=O)OCc1ccccc1)c1ccccc1. The summed E-state index contributed by atoms with van der Waals surface area (Å²) in [7, 11) is 0. The van der Waals surface area contributed by atoms with Crippen LogP contribution in [0, 0.1) is 17.8 Å². The van der Waals surface area contributed by atoms with Gasteiger partial charge in [0, 0.05) is 5.92 Å². The molecule has 8 nitrogen and oxygen atoms in total. The Bertz CT molecular complexity index is 1280. The van der Waals surface area contributed by atoms with Crippen molar-refractivity contribution in [2.75, 3.05) is 13.2 Å². The highest BCUT2D eigenvalue weighted by Gasteiger charge is 2.68. The quantitative estimate of drug-likeness (QED) is 0.312. The van der Waals surface area contributed by atoms with Crippen LogP contribution >= 0.6 is 0 Å². The molecule has 2 fully saturated rings. The van der Waals surface area contributed by atoms with Gasteiger partial charge in [0.25, 0.3) is 0 Å². The van der Waals surface area contributed by atoms with Crippen LogP contribution in [0.1, 0.15) is 27.9 Å². The summed E-state index contributed by atoms with van der Waals surface area (Å²) in [4.78, 5) is 39.4. The Balaban J connectivity index is 1.34. The van der Waals surface area contributed by atoms with Crippen LogP contribution in [0.25, 0.3) is 0 Å². The number of carbonyl (C=O) groups is 3. The van der Waals surface area contributed by atoms with Crippen molar-refractivity contribution in [3.8, 4) is 0 Å². The maximum atomic E-state index is 13.5. The lowest BCUT2D eigenvalue weighted by Gasteiger charge is -2.35. The molecule has 2 bridgehead atoms. The highest BCUT2D eigenvalue weighted by Crippen LogP contribution is 2.55. The van der Waals surface area contributed by atoms with E-state index >= 15 is 0 Å². The second kappa shape index (κ2) is 11.8. The number of ether oxygens (including phenoxy) is 4. The fourth-order valence-electron chi connectivity index (χ4n) is 5.53. The molecule has 3 aromatic rings. The van der Waals surface area contributed by atoms with Crippen molar-refractivity contribution in [3.63, 3.8) is 0 Å². The summed E-state index contributed by atoms with van der Waals surface area (Å²) in [5.41, 5.74) is 0.642. The first-order valence-electron chi connectivity index (χ1n) is 12.9. The summed E-state index contributed by atoms with van der Waals surface area (Å²) < 4.78 is 23.0. The first kappa shape index (κ1) is 26.6. The molecule has 0 radical (unpaired) electrons. The van der Waals surface area contributed by atoms with Crippen molar-refractivity contribution in [2.45, 2.75) is 31.3 Å². The van der Waals surface area contributed by atoms with Gasteiger partial charge in [0.2, 0.25) is 0 Å². The standard InChI is InChI=1S/C31H30O8/c32-20-31-16-24(19-38-28(33)23-14-8-3-9-15-23)27(39-31)25(29(34)36-17-21-10-4-1-5-11-21)26(31)30(35)37-18-22-12-6-2-7-13-22/h1-15,24-27,32H,16-20H2/t24-,25-,26-,27+,31-/m1/s1. The lowest BCUT2D eigenvalue weighted by Crippen LogP contribution is -2.51. The van der Waals surface area contributed by atoms with Crippen LogP contribution in [0.15, 0.2) is 91.0 Å². The lowest BCUT2D eigenvalue weighted by atomic mass is 9.68. The lowest BCUT2D eigenvalue weighted by molar-refractivity contribution is -0.167. The Morgan fingerprint density at radius 2 is 1.31 bits per heavy atom. The Hall–Kier alpha value is -4.01. The molecule has 8 heteroatoms. The Morgan fingerprint density at radius 1 is 0.769 bits per heavy atom. The highest BCUT2D eigenvalue weighted by atomic mass is 16.6. The van der Waals surface area contributed by atoms with Crippen LogP contribution in [0.2, 0.25) is 0 Å². The Labute approximate surface area is 226 Å². The monoisotopic (exact) mass is 530 g/mol. The summed E-state index contributed by atoms with van der Waals surface area (Å²) >= 11 is 0. The maximum Gasteiger partial charge on any atom is 0.338 e. The summed E-state index contributed by atoms with van der Waals surface area (Å²) in [5, 5.41) is 10.4. The average Bonchev–Trinajstić information content (AvgIpc) is 3.53. The van der Waals surface area contributed by atoms with Gasteiger partial charge in [-0.3, -0.25) is 9.59 Å². The van der Waals surface area contributed by atoms with Crippen LogP contribution in [0.5, 0.6) is 0 Å². The van der Waals surface area contributed by atoms with Gasteiger partial charge in [0.15, 0.2) is 0 Å². The normalized spacial score (nSPS) is 25.2. The van der Waals surface area contributed by atoms with E-state index in [4.69, 9.17) is 18.9 Å². The molecule has 2 heterocycles. The van der Waals surface area contributed by atoms with Crippen LogP contribution in [0.4, 0.5) is 0 Å². The Morgan fingerprint density at radius 3 is 1.87 bits per heavy atom.